The maximum absolute atomic E-state index is 5.70. The van der Waals surface area contributed by atoms with Crippen LogP contribution in [0.1, 0.15) is 6.92 Å². The summed E-state index contributed by atoms with van der Waals surface area (Å²) in [6.07, 6.45) is -0.000000000000000222. The summed E-state index contributed by atoms with van der Waals surface area (Å²) in [4.78, 5) is 8.31. The highest BCUT2D eigenvalue weighted by molar-refractivity contribution is 8.15. The minimum Gasteiger partial charge on any atom is -0.386 e. The summed E-state index contributed by atoms with van der Waals surface area (Å²) in [5, 5.41) is 4.60. The molecule has 0 saturated heterocycles. The Bertz CT molecular complexity index is 296. The molecule has 2 atom stereocenters. The lowest BCUT2D eigenvalue weighted by Crippen LogP contribution is -2.48. The highest BCUT2D eigenvalue weighted by Gasteiger charge is 2.34. The molecular formula is C6H8N4S2. The van der Waals surface area contributed by atoms with Gasteiger partial charge in [-0.1, -0.05) is 11.8 Å². The highest BCUT2D eigenvalue weighted by atomic mass is 32.2. The summed E-state index contributed by atoms with van der Waals surface area (Å²) in [6, 6.07) is 0. The Morgan fingerprint density at radius 2 is 2.42 bits per heavy atom. The van der Waals surface area contributed by atoms with Crippen LogP contribution in [0.3, 0.4) is 0 Å². The third-order valence-corrected chi connectivity index (χ3v) is 3.11. The van der Waals surface area contributed by atoms with Crippen LogP contribution in [0.2, 0.25) is 0 Å². The largest absolute Gasteiger partial charge is 0.386 e. The van der Waals surface area contributed by atoms with E-state index in [1.165, 1.54) is 0 Å². The lowest BCUT2D eigenvalue weighted by atomic mass is 10.3. The summed E-state index contributed by atoms with van der Waals surface area (Å²) in [7, 11) is 0. The molecule has 0 aromatic carbocycles. The van der Waals surface area contributed by atoms with Gasteiger partial charge in [-0.15, -0.1) is 0 Å². The SMILES string of the molecule is CC1=N[C@@H]2NC(=S)N=C(N)C2S1. The van der Waals surface area contributed by atoms with Crippen LogP contribution in [0.15, 0.2) is 9.98 Å². The summed E-state index contributed by atoms with van der Waals surface area (Å²) >= 11 is 6.52. The monoisotopic (exact) mass is 200 g/mol. The summed E-state index contributed by atoms with van der Waals surface area (Å²) < 4.78 is 0. The molecule has 0 spiro atoms. The van der Waals surface area contributed by atoms with E-state index in [0.29, 0.717) is 10.9 Å². The number of thiocarbonyl (C=S) groups is 1. The molecule has 1 unspecified atom stereocenters. The average Bonchev–Trinajstić information content (AvgIpc) is 2.29. The Kier molecular flexibility index (Phi) is 1.80. The second-order valence-corrected chi connectivity index (χ2v) is 4.34. The first kappa shape index (κ1) is 8.00. The van der Waals surface area contributed by atoms with Crippen LogP contribution in [0.5, 0.6) is 0 Å². The van der Waals surface area contributed by atoms with E-state index in [0.717, 1.165) is 5.04 Å². The van der Waals surface area contributed by atoms with Crippen LogP contribution in [0.4, 0.5) is 0 Å². The zero-order chi connectivity index (χ0) is 8.72. The summed E-state index contributed by atoms with van der Waals surface area (Å²) in [6.45, 7) is 1.96. The van der Waals surface area contributed by atoms with Crippen LogP contribution in [-0.2, 0) is 0 Å². The van der Waals surface area contributed by atoms with Gasteiger partial charge in [-0.2, -0.15) is 0 Å². The van der Waals surface area contributed by atoms with E-state index in [9.17, 15) is 0 Å². The lowest BCUT2D eigenvalue weighted by molar-refractivity contribution is 0.671. The fourth-order valence-corrected chi connectivity index (χ4v) is 2.41. The standard InChI is InChI=1S/C6H8N4S2/c1-2-8-5-3(12-2)4(7)9-6(11)10-5/h3,5H,1H3,(H3,7,9,10,11)/t3?,5-/m1/s1. The molecule has 0 bridgehead atoms. The van der Waals surface area contributed by atoms with E-state index in [-0.39, 0.29) is 11.4 Å². The van der Waals surface area contributed by atoms with Crippen LogP contribution in [-0.4, -0.2) is 27.4 Å². The maximum Gasteiger partial charge on any atom is 0.196 e. The Hall–Kier alpha value is -0.620. The van der Waals surface area contributed by atoms with E-state index < -0.39 is 0 Å². The molecule has 12 heavy (non-hydrogen) atoms. The van der Waals surface area contributed by atoms with E-state index in [2.05, 4.69) is 15.3 Å². The van der Waals surface area contributed by atoms with E-state index in [4.69, 9.17) is 18.0 Å². The lowest BCUT2D eigenvalue weighted by Gasteiger charge is -2.22. The van der Waals surface area contributed by atoms with Gasteiger partial charge in [-0.3, -0.25) is 4.99 Å². The number of hydrogen-bond donors (Lipinski definition) is 2. The van der Waals surface area contributed by atoms with E-state index in [1.807, 2.05) is 6.92 Å². The highest BCUT2D eigenvalue weighted by Crippen LogP contribution is 2.27. The Morgan fingerprint density at radius 3 is 3.17 bits per heavy atom. The van der Waals surface area contributed by atoms with Gasteiger partial charge in [0.05, 0.1) is 5.04 Å². The minimum atomic E-state index is -0.000000000000000222. The number of nitrogens with two attached hydrogens (primary N) is 1. The van der Waals surface area contributed by atoms with Gasteiger partial charge in [-0.25, -0.2) is 4.99 Å². The van der Waals surface area contributed by atoms with Gasteiger partial charge in [0.25, 0.3) is 0 Å². The Morgan fingerprint density at radius 1 is 1.67 bits per heavy atom. The summed E-state index contributed by atoms with van der Waals surface area (Å²) in [5.74, 6) is 0.578. The fourth-order valence-electron chi connectivity index (χ4n) is 1.21. The van der Waals surface area contributed by atoms with Crippen LogP contribution in [0.25, 0.3) is 0 Å². The minimum absolute atomic E-state index is 0.000000000000000222. The number of thioether (sulfide) groups is 1. The van der Waals surface area contributed by atoms with Crippen molar-refractivity contribution in [1.82, 2.24) is 5.32 Å². The van der Waals surface area contributed by atoms with Crippen molar-refractivity contribution < 1.29 is 0 Å². The van der Waals surface area contributed by atoms with Gasteiger partial charge in [-0.05, 0) is 19.1 Å². The zero-order valence-electron chi connectivity index (χ0n) is 6.44. The number of aliphatic imine (C=N–C) groups is 2. The van der Waals surface area contributed by atoms with Crippen molar-refractivity contribution in [1.29, 1.82) is 0 Å². The molecule has 2 aliphatic rings. The van der Waals surface area contributed by atoms with Gasteiger partial charge < -0.3 is 11.1 Å². The number of hydrogen-bond acceptors (Lipinski definition) is 4. The fraction of sp³-hybridized carbons (Fsp3) is 0.500. The third kappa shape index (κ3) is 1.21. The molecule has 0 fully saturated rings. The number of fused-ring (bicyclic) bond motifs is 1. The molecule has 3 N–H and O–H groups in total. The number of nitrogens with zero attached hydrogens (tertiary/aromatic N) is 2. The first-order valence-corrected chi connectivity index (χ1v) is 4.81. The number of nitrogens with one attached hydrogen (secondary N) is 1. The Labute approximate surface area is 79.7 Å². The third-order valence-electron chi connectivity index (χ3n) is 1.70. The van der Waals surface area contributed by atoms with Crippen molar-refractivity contribution in [2.75, 3.05) is 0 Å². The van der Waals surface area contributed by atoms with Gasteiger partial charge in [0.15, 0.2) is 5.11 Å². The second kappa shape index (κ2) is 2.70. The van der Waals surface area contributed by atoms with Crippen LogP contribution in [0, 0.1) is 0 Å². The molecule has 64 valence electrons. The molecular weight excluding hydrogens is 192 g/mol. The van der Waals surface area contributed by atoms with Gasteiger partial charge in [0.2, 0.25) is 0 Å². The molecule has 6 heteroatoms. The molecule has 0 aliphatic carbocycles. The Balaban J connectivity index is 2.29. The van der Waals surface area contributed by atoms with Crippen molar-refractivity contribution in [3.05, 3.63) is 0 Å². The first-order valence-electron chi connectivity index (χ1n) is 3.52. The van der Waals surface area contributed by atoms with Gasteiger partial charge in [0, 0.05) is 0 Å². The topological polar surface area (TPSA) is 62.8 Å². The molecule has 0 amide bonds. The normalized spacial score (nSPS) is 33.6. The molecule has 4 nitrogen and oxygen atoms in total. The van der Waals surface area contributed by atoms with Crippen molar-refractivity contribution in [2.45, 2.75) is 18.3 Å². The van der Waals surface area contributed by atoms with Crippen molar-refractivity contribution in [2.24, 2.45) is 15.7 Å². The maximum atomic E-state index is 5.70. The van der Waals surface area contributed by atoms with Crippen LogP contribution < -0.4 is 11.1 Å². The van der Waals surface area contributed by atoms with E-state index in [1.54, 1.807) is 11.8 Å². The first-order chi connectivity index (χ1) is 5.66. The molecule has 2 heterocycles. The molecule has 2 rings (SSSR count). The van der Waals surface area contributed by atoms with Crippen molar-refractivity contribution in [3.8, 4) is 0 Å². The van der Waals surface area contributed by atoms with Gasteiger partial charge in [0.1, 0.15) is 17.3 Å². The molecule has 0 aromatic heterocycles. The predicted octanol–water partition coefficient (Wildman–Crippen LogP) is 0.0916. The predicted molar refractivity (Wildman–Crippen MR) is 55.6 cm³/mol. The van der Waals surface area contributed by atoms with Crippen molar-refractivity contribution >= 4 is 40.0 Å². The molecule has 0 aromatic rings. The second-order valence-electron chi connectivity index (χ2n) is 2.62. The van der Waals surface area contributed by atoms with Crippen LogP contribution >= 0.6 is 24.0 Å². The number of rotatable bonds is 0. The quantitative estimate of drug-likeness (QED) is 0.544. The zero-order valence-corrected chi connectivity index (χ0v) is 8.08. The van der Waals surface area contributed by atoms with Gasteiger partial charge >= 0.3 is 0 Å². The molecule has 0 saturated carbocycles. The van der Waals surface area contributed by atoms with Crippen molar-refractivity contribution in [3.63, 3.8) is 0 Å². The summed E-state index contributed by atoms with van der Waals surface area (Å²) in [5.41, 5.74) is 5.70. The average molecular weight is 200 g/mol. The molecule has 2 aliphatic heterocycles. The number of amidine groups is 1. The smallest absolute Gasteiger partial charge is 0.196 e. The van der Waals surface area contributed by atoms with E-state index >= 15 is 0 Å². The molecule has 0 radical (unpaired) electrons.